The van der Waals surface area contributed by atoms with Crippen molar-refractivity contribution in [1.29, 1.82) is 0 Å². The zero-order valence-electron chi connectivity index (χ0n) is 10.4. The van der Waals surface area contributed by atoms with Gasteiger partial charge in [0.1, 0.15) is 0 Å². The summed E-state index contributed by atoms with van der Waals surface area (Å²) in [6.07, 6.45) is 1.59. The van der Waals surface area contributed by atoms with Gasteiger partial charge in [-0.15, -0.1) is 0 Å². The van der Waals surface area contributed by atoms with Crippen molar-refractivity contribution in [1.82, 2.24) is 14.9 Å². The highest BCUT2D eigenvalue weighted by molar-refractivity contribution is 7.89. The largest absolute Gasteiger partial charge is 0.392 e. The Hall–Kier alpha value is -1.70. The highest BCUT2D eigenvalue weighted by Crippen LogP contribution is 2.12. The van der Waals surface area contributed by atoms with Gasteiger partial charge in [-0.25, -0.2) is 13.1 Å². The number of sulfonamides is 1. The second kappa shape index (κ2) is 5.52. The summed E-state index contributed by atoms with van der Waals surface area (Å²) in [5.41, 5.74) is 2.18. The minimum atomic E-state index is -3.59. The summed E-state index contributed by atoms with van der Waals surface area (Å²) in [4.78, 5) is 0.139. The van der Waals surface area contributed by atoms with Crippen molar-refractivity contribution in [3.63, 3.8) is 0 Å². The number of aliphatic hydroxyl groups is 1. The summed E-state index contributed by atoms with van der Waals surface area (Å²) < 4.78 is 26.7. The van der Waals surface area contributed by atoms with E-state index in [9.17, 15) is 8.42 Å². The Balaban J connectivity index is 2.16. The number of nitrogens with one attached hydrogen (secondary N) is 2. The molecule has 0 saturated heterocycles. The van der Waals surface area contributed by atoms with Crippen LogP contribution in [-0.4, -0.2) is 23.7 Å². The molecule has 0 bridgehead atoms. The van der Waals surface area contributed by atoms with Crippen LogP contribution in [0.15, 0.2) is 35.4 Å². The Kier molecular flexibility index (Phi) is 3.98. The van der Waals surface area contributed by atoms with Crippen molar-refractivity contribution in [3.05, 3.63) is 47.3 Å². The number of aromatic amines is 1. The van der Waals surface area contributed by atoms with E-state index in [1.54, 1.807) is 18.3 Å². The van der Waals surface area contributed by atoms with Crippen LogP contribution in [0.5, 0.6) is 0 Å². The number of aryl methyl sites for hydroxylation is 1. The highest BCUT2D eigenvalue weighted by atomic mass is 32.2. The van der Waals surface area contributed by atoms with Crippen molar-refractivity contribution >= 4 is 10.0 Å². The molecule has 0 unspecified atom stereocenters. The van der Waals surface area contributed by atoms with E-state index in [2.05, 4.69) is 14.9 Å². The van der Waals surface area contributed by atoms with Gasteiger partial charge in [0.15, 0.2) is 0 Å². The lowest BCUT2D eigenvalue weighted by molar-refractivity contribution is 0.281. The molecule has 0 radical (unpaired) electrons. The van der Waals surface area contributed by atoms with E-state index in [1.807, 2.05) is 6.92 Å². The Morgan fingerprint density at radius 3 is 2.84 bits per heavy atom. The first-order valence-corrected chi connectivity index (χ1v) is 7.19. The molecule has 0 aliphatic heterocycles. The Bertz CT molecular complexity index is 664. The molecule has 0 saturated carbocycles. The third-order valence-corrected chi connectivity index (χ3v) is 4.18. The molecule has 0 fully saturated rings. The lowest BCUT2D eigenvalue weighted by Gasteiger charge is -2.07. The van der Waals surface area contributed by atoms with Crippen LogP contribution < -0.4 is 4.72 Å². The topological polar surface area (TPSA) is 95.1 Å². The van der Waals surface area contributed by atoms with Crippen LogP contribution >= 0.6 is 0 Å². The van der Waals surface area contributed by atoms with E-state index in [0.717, 1.165) is 11.3 Å². The van der Waals surface area contributed by atoms with Crippen LogP contribution in [-0.2, 0) is 23.2 Å². The Morgan fingerprint density at radius 1 is 1.42 bits per heavy atom. The van der Waals surface area contributed by atoms with E-state index in [1.165, 1.54) is 12.1 Å². The van der Waals surface area contributed by atoms with Crippen molar-refractivity contribution in [2.24, 2.45) is 0 Å². The van der Waals surface area contributed by atoms with Crippen LogP contribution in [0.4, 0.5) is 0 Å². The van der Waals surface area contributed by atoms with Gasteiger partial charge < -0.3 is 5.11 Å². The van der Waals surface area contributed by atoms with Crippen molar-refractivity contribution in [2.45, 2.75) is 25.0 Å². The van der Waals surface area contributed by atoms with Crippen molar-refractivity contribution in [3.8, 4) is 0 Å². The maximum atomic E-state index is 12.1. The van der Waals surface area contributed by atoms with E-state index < -0.39 is 10.0 Å². The van der Waals surface area contributed by atoms with Gasteiger partial charge in [0.25, 0.3) is 0 Å². The molecular weight excluding hydrogens is 266 g/mol. The molecule has 102 valence electrons. The SMILES string of the molecule is Cc1[nH]ncc1CNS(=O)(=O)c1cccc(CO)c1. The van der Waals surface area contributed by atoms with E-state index in [-0.39, 0.29) is 18.0 Å². The van der Waals surface area contributed by atoms with E-state index in [0.29, 0.717) is 5.56 Å². The van der Waals surface area contributed by atoms with Gasteiger partial charge in [0.2, 0.25) is 10.0 Å². The highest BCUT2D eigenvalue weighted by Gasteiger charge is 2.14. The summed E-state index contributed by atoms with van der Waals surface area (Å²) in [5.74, 6) is 0. The molecule has 6 nitrogen and oxygen atoms in total. The normalized spacial score (nSPS) is 11.7. The van der Waals surface area contributed by atoms with E-state index in [4.69, 9.17) is 5.11 Å². The summed E-state index contributed by atoms with van der Waals surface area (Å²) >= 11 is 0. The monoisotopic (exact) mass is 281 g/mol. The predicted octanol–water partition coefficient (Wildman–Crippen LogP) is 0.689. The lowest BCUT2D eigenvalue weighted by atomic mass is 10.2. The first-order chi connectivity index (χ1) is 9.03. The molecule has 3 N–H and O–H groups in total. The first kappa shape index (κ1) is 13.7. The molecule has 1 aromatic carbocycles. The van der Waals surface area contributed by atoms with Crippen LogP contribution in [0, 0.1) is 6.92 Å². The molecule has 7 heteroatoms. The molecule has 2 aromatic rings. The minimum Gasteiger partial charge on any atom is -0.392 e. The number of hydrogen-bond donors (Lipinski definition) is 3. The third-order valence-electron chi connectivity index (χ3n) is 2.78. The fourth-order valence-electron chi connectivity index (χ4n) is 1.62. The molecule has 1 aromatic heterocycles. The number of nitrogens with zero attached hydrogens (tertiary/aromatic N) is 1. The quantitative estimate of drug-likeness (QED) is 0.751. The van der Waals surface area contributed by atoms with Gasteiger partial charge in [-0.2, -0.15) is 5.10 Å². The van der Waals surface area contributed by atoms with Gasteiger partial charge >= 0.3 is 0 Å². The van der Waals surface area contributed by atoms with Gasteiger partial charge in [-0.3, -0.25) is 5.10 Å². The number of H-pyrrole nitrogens is 1. The first-order valence-electron chi connectivity index (χ1n) is 5.71. The summed E-state index contributed by atoms with van der Waals surface area (Å²) in [5, 5.41) is 15.6. The average Bonchev–Trinajstić information content (AvgIpc) is 2.82. The third kappa shape index (κ3) is 3.19. The molecule has 0 spiro atoms. The molecule has 0 amide bonds. The summed E-state index contributed by atoms with van der Waals surface area (Å²) in [7, 11) is -3.59. The standard InChI is InChI=1S/C12H15N3O3S/c1-9-11(6-13-15-9)7-14-19(17,18)12-4-2-3-10(5-12)8-16/h2-6,14,16H,7-8H2,1H3,(H,13,15). The molecule has 0 aliphatic rings. The summed E-state index contributed by atoms with van der Waals surface area (Å²) in [6.45, 7) is 1.81. The second-order valence-electron chi connectivity index (χ2n) is 4.15. The van der Waals surface area contributed by atoms with E-state index >= 15 is 0 Å². The van der Waals surface area contributed by atoms with Crippen molar-refractivity contribution < 1.29 is 13.5 Å². The van der Waals surface area contributed by atoms with Crippen molar-refractivity contribution in [2.75, 3.05) is 0 Å². The van der Waals surface area contributed by atoms with Gasteiger partial charge in [-0.05, 0) is 24.6 Å². The number of hydrogen-bond acceptors (Lipinski definition) is 4. The Labute approximate surface area is 111 Å². The molecule has 19 heavy (non-hydrogen) atoms. The number of aromatic nitrogens is 2. The molecule has 0 aliphatic carbocycles. The smallest absolute Gasteiger partial charge is 0.240 e. The van der Waals surface area contributed by atoms with Crippen LogP contribution in [0.2, 0.25) is 0 Å². The van der Waals surface area contributed by atoms with Gasteiger partial charge in [0, 0.05) is 17.8 Å². The molecule has 2 rings (SSSR count). The number of rotatable bonds is 5. The van der Waals surface area contributed by atoms with Crippen LogP contribution in [0.1, 0.15) is 16.8 Å². The maximum Gasteiger partial charge on any atom is 0.240 e. The zero-order chi connectivity index (χ0) is 13.9. The molecular formula is C12H15N3O3S. The van der Waals surface area contributed by atoms with Gasteiger partial charge in [0.05, 0.1) is 17.7 Å². The summed E-state index contributed by atoms with van der Waals surface area (Å²) in [6, 6.07) is 6.21. The number of benzene rings is 1. The molecule has 0 atom stereocenters. The van der Waals surface area contributed by atoms with Crippen LogP contribution in [0.25, 0.3) is 0 Å². The van der Waals surface area contributed by atoms with Gasteiger partial charge in [-0.1, -0.05) is 12.1 Å². The second-order valence-corrected chi connectivity index (χ2v) is 5.92. The Morgan fingerprint density at radius 2 is 2.21 bits per heavy atom. The molecule has 1 heterocycles. The fraction of sp³-hybridized carbons (Fsp3) is 0.250. The fourth-order valence-corrected chi connectivity index (χ4v) is 2.70. The lowest BCUT2D eigenvalue weighted by Crippen LogP contribution is -2.23. The predicted molar refractivity (Wildman–Crippen MR) is 69.7 cm³/mol. The maximum absolute atomic E-state index is 12.1. The minimum absolute atomic E-state index is 0.139. The average molecular weight is 281 g/mol. The number of aliphatic hydroxyl groups excluding tert-OH is 1. The van der Waals surface area contributed by atoms with Crippen LogP contribution in [0.3, 0.4) is 0 Å². The zero-order valence-corrected chi connectivity index (χ0v) is 11.2.